The fraction of sp³-hybridized carbons (Fsp3) is 1.00. The second-order valence-corrected chi connectivity index (χ2v) is 36.6. The minimum absolute atomic E-state index is 1.51. The van der Waals surface area contributed by atoms with Crippen molar-refractivity contribution in [2.45, 2.75) is 72.0 Å². The Morgan fingerprint density at radius 2 is 0.372 bits per heavy atom. The van der Waals surface area contributed by atoms with Crippen molar-refractivity contribution in [2.24, 2.45) is 0 Å². The highest BCUT2D eigenvalue weighted by atomic mass is 28.5. The van der Waals surface area contributed by atoms with Gasteiger partial charge in [0.15, 0.2) is 0 Å². The second kappa shape index (κ2) is 18.6. The first kappa shape index (κ1) is 46.3. The van der Waals surface area contributed by atoms with E-state index in [4.69, 9.17) is 64.5 Å². The van der Waals surface area contributed by atoms with E-state index in [0.29, 0.717) is 0 Å². The SMILES string of the molecule is CO[Si](C)(C)O[Si](C)(O[Si](C)(C)OC)O[Si](C)(C)OC.CO[Si](C)(OC)O[Si](C)(O[Si](C)(OC)OC)O[Si](C)(OC)OC. The molecule has 0 aromatic heterocycles. The maximum Gasteiger partial charge on any atom is 0.489 e. The van der Waals surface area contributed by atoms with Gasteiger partial charge in [-0.1, -0.05) is 0 Å². The summed E-state index contributed by atoms with van der Waals surface area (Å²) in [5.41, 5.74) is 0. The van der Waals surface area contributed by atoms with Crippen LogP contribution in [0.4, 0.5) is 0 Å². The third kappa shape index (κ3) is 17.7. The molecule has 0 atom stereocenters. The first-order chi connectivity index (χ1) is 19.3. The van der Waals surface area contributed by atoms with Gasteiger partial charge in [0.25, 0.3) is 0 Å². The molecule has 43 heavy (non-hydrogen) atoms. The van der Waals surface area contributed by atoms with E-state index in [2.05, 4.69) is 0 Å². The normalized spacial score (nSPS) is 14.5. The molecule has 0 aromatic rings. The average molecular weight is 765 g/mol. The van der Waals surface area contributed by atoms with Crippen LogP contribution in [0.3, 0.4) is 0 Å². The van der Waals surface area contributed by atoms with Crippen LogP contribution in [0.15, 0.2) is 0 Å². The Balaban J connectivity index is 0. The standard InChI is InChI=1S/C10H30O9Si4.C10H30O6Si4/c1-11-20(7,12-2)17-23(10,18-21(8,13-3)14-4)19-22(9,15-5)16-6;1-11-17(4,5)14-20(10,15-18(6,7)12-2)16-19(8,9)13-3/h1-10H3;1-10H3. The Hall–Kier alpha value is 1.14. The van der Waals surface area contributed by atoms with E-state index in [1.807, 2.05) is 45.8 Å². The van der Waals surface area contributed by atoms with Crippen LogP contribution in [0, 0.1) is 0 Å². The van der Waals surface area contributed by atoms with Crippen molar-refractivity contribution in [3.8, 4) is 0 Å². The van der Waals surface area contributed by atoms with Crippen LogP contribution < -0.4 is 0 Å². The lowest BCUT2D eigenvalue weighted by atomic mass is 11.8. The molecule has 0 spiro atoms. The molecule has 0 bridgehead atoms. The van der Waals surface area contributed by atoms with E-state index >= 15 is 0 Å². The Morgan fingerprint density at radius 1 is 0.209 bits per heavy atom. The molecular formula is C20H60O15Si8. The average Bonchev–Trinajstić information content (AvgIpc) is 2.91. The second-order valence-electron chi connectivity index (χ2n) is 11.0. The lowest BCUT2D eigenvalue weighted by Crippen LogP contribution is -2.64. The Morgan fingerprint density at radius 3 is 0.512 bits per heavy atom. The molecule has 0 amide bonds. The fourth-order valence-electron chi connectivity index (χ4n) is 3.10. The summed E-state index contributed by atoms with van der Waals surface area (Å²) < 4.78 is 85.4. The highest BCUT2D eigenvalue weighted by Crippen LogP contribution is 2.28. The minimum Gasteiger partial charge on any atom is -0.398 e. The largest absolute Gasteiger partial charge is 0.489 e. The van der Waals surface area contributed by atoms with Gasteiger partial charge >= 0.3 is 69.7 Å². The van der Waals surface area contributed by atoms with Crippen molar-refractivity contribution in [1.82, 2.24) is 0 Å². The minimum atomic E-state index is -3.35. The van der Waals surface area contributed by atoms with Gasteiger partial charge in [-0.3, -0.25) is 0 Å². The molecule has 0 saturated carbocycles. The van der Waals surface area contributed by atoms with Crippen molar-refractivity contribution in [1.29, 1.82) is 0 Å². The summed E-state index contributed by atoms with van der Waals surface area (Å²) in [7, 11) is -7.96. The molecular weight excluding hydrogens is 705 g/mol. The maximum atomic E-state index is 6.17. The zero-order chi connectivity index (χ0) is 34.6. The van der Waals surface area contributed by atoms with Gasteiger partial charge in [-0.25, -0.2) is 0 Å². The highest BCUT2D eigenvalue weighted by molar-refractivity contribution is 6.87. The van der Waals surface area contributed by atoms with Crippen LogP contribution in [0.5, 0.6) is 0 Å². The predicted molar refractivity (Wildman–Crippen MR) is 180 cm³/mol. The Bertz CT molecular complexity index is 688. The molecule has 0 heterocycles. The summed E-state index contributed by atoms with van der Waals surface area (Å²) in [6.07, 6.45) is 0. The zero-order valence-corrected chi connectivity index (χ0v) is 38.1. The molecule has 23 heteroatoms. The van der Waals surface area contributed by atoms with Crippen LogP contribution >= 0.6 is 0 Å². The number of rotatable bonds is 21. The van der Waals surface area contributed by atoms with Gasteiger partial charge in [-0.05, 0) is 39.3 Å². The van der Waals surface area contributed by atoms with Crippen molar-refractivity contribution in [3.63, 3.8) is 0 Å². The predicted octanol–water partition coefficient (Wildman–Crippen LogP) is 3.84. The van der Waals surface area contributed by atoms with Crippen LogP contribution in [0.1, 0.15) is 0 Å². The summed E-state index contributed by atoms with van der Waals surface area (Å²) in [6.45, 7) is 20.6. The molecule has 0 unspecified atom stereocenters. The smallest absolute Gasteiger partial charge is 0.398 e. The van der Waals surface area contributed by atoms with E-state index in [0.717, 1.165) is 0 Å². The van der Waals surface area contributed by atoms with Gasteiger partial charge in [-0.2, -0.15) is 0 Å². The molecule has 0 radical (unpaired) electrons. The molecule has 0 aliphatic carbocycles. The molecule has 0 N–H and O–H groups in total. The van der Waals surface area contributed by atoms with Crippen LogP contribution in [0.25, 0.3) is 0 Å². The van der Waals surface area contributed by atoms with Gasteiger partial charge in [-0.15, -0.1) is 0 Å². The van der Waals surface area contributed by atoms with Crippen molar-refractivity contribution < 1.29 is 64.5 Å². The number of hydrogen-bond donors (Lipinski definition) is 0. The van der Waals surface area contributed by atoms with Crippen molar-refractivity contribution in [2.75, 3.05) is 64.0 Å². The van der Waals surface area contributed by atoms with E-state index < -0.39 is 69.7 Å². The number of hydrogen-bond acceptors (Lipinski definition) is 15. The van der Waals surface area contributed by atoms with Gasteiger partial charge in [0.05, 0.1) is 0 Å². The van der Waals surface area contributed by atoms with Crippen molar-refractivity contribution in [3.05, 3.63) is 0 Å². The monoisotopic (exact) mass is 764 g/mol. The summed E-state index contributed by atoms with van der Waals surface area (Å²) >= 11 is 0. The van der Waals surface area contributed by atoms with Gasteiger partial charge < -0.3 is 64.5 Å². The van der Waals surface area contributed by atoms with Crippen LogP contribution in [-0.2, 0) is 64.5 Å². The molecule has 0 rings (SSSR count). The van der Waals surface area contributed by atoms with Crippen LogP contribution in [0.2, 0.25) is 72.0 Å². The molecule has 0 saturated heterocycles. The molecule has 262 valence electrons. The topological polar surface area (TPSA) is 138 Å². The van der Waals surface area contributed by atoms with Gasteiger partial charge in [0.1, 0.15) is 0 Å². The molecule has 0 fully saturated rings. The highest BCUT2D eigenvalue weighted by Gasteiger charge is 2.57. The van der Waals surface area contributed by atoms with Gasteiger partial charge in [0, 0.05) is 96.7 Å². The van der Waals surface area contributed by atoms with Gasteiger partial charge in [0.2, 0.25) is 0 Å². The first-order valence-corrected chi connectivity index (χ1v) is 33.0. The maximum absolute atomic E-state index is 6.17. The van der Waals surface area contributed by atoms with Crippen molar-refractivity contribution >= 4 is 69.7 Å². The van der Waals surface area contributed by atoms with Crippen LogP contribution in [-0.4, -0.2) is 134 Å². The lowest BCUT2D eigenvalue weighted by Gasteiger charge is -2.40. The van der Waals surface area contributed by atoms with E-state index in [1.165, 1.54) is 42.7 Å². The molecule has 15 nitrogen and oxygen atoms in total. The summed E-state index contributed by atoms with van der Waals surface area (Å²) in [5.74, 6) is 0. The fourth-order valence-corrected chi connectivity index (χ4v) is 28.6. The third-order valence-electron chi connectivity index (χ3n) is 6.11. The zero-order valence-electron chi connectivity index (χ0n) is 30.1. The molecule has 0 aromatic carbocycles. The third-order valence-corrected chi connectivity index (χ3v) is 32.8. The quantitative estimate of drug-likeness (QED) is 0.156. The lowest BCUT2D eigenvalue weighted by molar-refractivity contribution is 0.0703. The molecule has 0 aliphatic rings. The first-order valence-electron chi connectivity index (χ1n) is 13.5. The summed E-state index contributed by atoms with van der Waals surface area (Å²) in [5, 5.41) is 0. The molecule has 0 aliphatic heterocycles. The van der Waals surface area contributed by atoms with E-state index in [-0.39, 0.29) is 0 Å². The summed E-state index contributed by atoms with van der Waals surface area (Å²) in [6, 6.07) is 0. The van der Waals surface area contributed by atoms with E-state index in [1.54, 1.807) is 47.5 Å². The Kier molecular flexibility index (Phi) is 20.0. The Labute approximate surface area is 269 Å². The summed E-state index contributed by atoms with van der Waals surface area (Å²) in [4.78, 5) is 0. The van der Waals surface area contributed by atoms with E-state index in [9.17, 15) is 0 Å².